The molecule has 1 aromatic heterocycles. The minimum atomic E-state index is -3.25. The highest BCUT2D eigenvalue weighted by Crippen LogP contribution is 2.23. The number of rotatable bonds is 6. The van der Waals surface area contributed by atoms with Gasteiger partial charge < -0.3 is 13.3 Å². The molecule has 2 N–H and O–H groups in total. The molecule has 19 heavy (non-hydrogen) atoms. The summed E-state index contributed by atoms with van der Waals surface area (Å²) in [5, 5.41) is 0. The van der Waals surface area contributed by atoms with E-state index in [1.165, 1.54) is 21.3 Å². The Kier molecular flexibility index (Phi) is 5.00. The molecule has 0 fully saturated rings. The molecule has 0 aliphatic heterocycles. The maximum absolute atomic E-state index is 11.8. The zero-order valence-electron chi connectivity index (χ0n) is 11.2. The molecule has 0 aliphatic rings. The van der Waals surface area contributed by atoms with Gasteiger partial charge in [0.15, 0.2) is 0 Å². The van der Waals surface area contributed by atoms with Crippen molar-refractivity contribution in [3.8, 4) is 0 Å². The zero-order chi connectivity index (χ0) is 14.6. The van der Waals surface area contributed by atoms with Crippen molar-refractivity contribution in [2.24, 2.45) is 0 Å². The maximum Gasteiger partial charge on any atom is 0.524 e. The summed E-state index contributed by atoms with van der Waals surface area (Å²) >= 11 is 0. The van der Waals surface area contributed by atoms with Gasteiger partial charge in [-0.3, -0.25) is 9.97 Å². The molecule has 0 amide bonds. The van der Waals surface area contributed by atoms with Crippen molar-refractivity contribution in [3.63, 3.8) is 0 Å². The SMILES string of the molecule is CCC(n1c(=O)[nH]c(=O)[nH]c1=O)[Si](OC)(OC)OC. The van der Waals surface area contributed by atoms with Gasteiger partial charge in [0.2, 0.25) is 0 Å². The van der Waals surface area contributed by atoms with E-state index in [-0.39, 0.29) is 0 Å². The topological polar surface area (TPSA) is 115 Å². The number of nitrogens with zero attached hydrogens (tertiary/aromatic N) is 1. The first-order chi connectivity index (χ1) is 8.95. The minimum Gasteiger partial charge on any atom is -0.376 e. The molecule has 108 valence electrons. The van der Waals surface area contributed by atoms with Gasteiger partial charge in [-0.2, -0.15) is 0 Å². The van der Waals surface area contributed by atoms with E-state index in [4.69, 9.17) is 13.3 Å². The van der Waals surface area contributed by atoms with E-state index in [1.807, 2.05) is 9.97 Å². The Morgan fingerprint density at radius 1 is 1.05 bits per heavy atom. The summed E-state index contributed by atoms with van der Waals surface area (Å²) in [6, 6.07) is 0. The summed E-state index contributed by atoms with van der Waals surface area (Å²) in [6.45, 7) is 1.75. The van der Waals surface area contributed by atoms with Crippen LogP contribution in [0, 0.1) is 0 Å². The van der Waals surface area contributed by atoms with Gasteiger partial charge in [0, 0.05) is 21.3 Å². The standard InChI is InChI=1S/C9H17N3O6Si/c1-5-6(19(16-2,17-3)18-4)12-8(14)10-7(13)11-9(12)15/h6H,5H2,1-4H3,(H2,10,11,13,14,15). The van der Waals surface area contributed by atoms with Gasteiger partial charge in [-0.1, -0.05) is 6.92 Å². The van der Waals surface area contributed by atoms with Crippen LogP contribution in [0.3, 0.4) is 0 Å². The Bertz CT molecular complexity index is 544. The van der Waals surface area contributed by atoms with Crippen molar-refractivity contribution in [1.82, 2.24) is 14.5 Å². The Hall–Kier alpha value is -1.49. The lowest BCUT2D eigenvalue weighted by Crippen LogP contribution is -2.58. The first kappa shape index (κ1) is 15.6. The highest BCUT2D eigenvalue weighted by molar-refractivity contribution is 6.61. The van der Waals surface area contributed by atoms with Gasteiger partial charge >= 0.3 is 25.9 Å². The van der Waals surface area contributed by atoms with Crippen molar-refractivity contribution in [1.29, 1.82) is 0 Å². The highest BCUT2D eigenvalue weighted by atomic mass is 28.4. The number of nitrogens with one attached hydrogen (secondary N) is 2. The number of aromatic amines is 2. The Balaban J connectivity index is 3.52. The average Bonchev–Trinajstić information content (AvgIpc) is 2.37. The third-order valence-corrected chi connectivity index (χ3v) is 6.03. The number of H-pyrrole nitrogens is 2. The monoisotopic (exact) mass is 291 g/mol. The molecule has 0 aliphatic carbocycles. The molecule has 0 spiro atoms. The van der Waals surface area contributed by atoms with Gasteiger partial charge in [0.1, 0.15) is 5.67 Å². The number of hydrogen-bond acceptors (Lipinski definition) is 6. The van der Waals surface area contributed by atoms with E-state index in [1.54, 1.807) is 6.92 Å². The van der Waals surface area contributed by atoms with Crippen molar-refractivity contribution < 1.29 is 13.3 Å². The highest BCUT2D eigenvalue weighted by Gasteiger charge is 2.49. The lowest BCUT2D eigenvalue weighted by atomic mass is 10.5. The zero-order valence-corrected chi connectivity index (χ0v) is 12.2. The lowest BCUT2D eigenvalue weighted by Gasteiger charge is -2.31. The van der Waals surface area contributed by atoms with E-state index in [0.717, 1.165) is 4.57 Å². The summed E-state index contributed by atoms with van der Waals surface area (Å²) in [5.74, 6) is 0. The quantitative estimate of drug-likeness (QED) is 0.622. The van der Waals surface area contributed by atoms with Crippen LogP contribution in [-0.2, 0) is 13.3 Å². The largest absolute Gasteiger partial charge is 0.524 e. The molecule has 1 aromatic rings. The molecular weight excluding hydrogens is 274 g/mol. The smallest absolute Gasteiger partial charge is 0.376 e. The normalized spacial score (nSPS) is 13.5. The predicted molar refractivity (Wildman–Crippen MR) is 68.1 cm³/mol. The van der Waals surface area contributed by atoms with Crippen molar-refractivity contribution in [2.45, 2.75) is 19.0 Å². The fourth-order valence-electron chi connectivity index (χ4n) is 1.97. The second kappa shape index (κ2) is 6.10. The first-order valence-electron chi connectivity index (χ1n) is 5.56. The van der Waals surface area contributed by atoms with Crippen molar-refractivity contribution in [3.05, 3.63) is 31.5 Å². The van der Waals surface area contributed by atoms with Crippen LogP contribution in [0.2, 0.25) is 0 Å². The van der Waals surface area contributed by atoms with Crippen molar-refractivity contribution >= 4 is 8.80 Å². The third kappa shape index (κ3) is 2.76. The molecule has 0 bridgehead atoms. The van der Waals surface area contributed by atoms with Crippen LogP contribution in [0.25, 0.3) is 0 Å². The molecule has 0 aromatic carbocycles. The predicted octanol–water partition coefficient (Wildman–Crippen LogP) is -1.41. The number of hydrogen-bond donors (Lipinski definition) is 2. The molecule has 0 radical (unpaired) electrons. The van der Waals surface area contributed by atoms with E-state index < -0.39 is 31.5 Å². The van der Waals surface area contributed by atoms with Crippen LogP contribution >= 0.6 is 0 Å². The van der Waals surface area contributed by atoms with Crippen LogP contribution in [0.15, 0.2) is 14.4 Å². The average molecular weight is 291 g/mol. The first-order valence-corrected chi connectivity index (χ1v) is 7.36. The fraction of sp³-hybridized carbons (Fsp3) is 0.667. The second-order valence-electron chi connectivity index (χ2n) is 3.70. The molecule has 10 heteroatoms. The molecular formula is C9H17N3O6Si. The Morgan fingerprint density at radius 3 is 1.79 bits per heavy atom. The number of aromatic nitrogens is 3. The summed E-state index contributed by atoms with van der Waals surface area (Å²) < 4.78 is 16.7. The summed E-state index contributed by atoms with van der Waals surface area (Å²) in [7, 11) is 0.898. The van der Waals surface area contributed by atoms with Gasteiger partial charge in [0.05, 0.1) is 0 Å². The summed E-state index contributed by atoms with van der Waals surface area (Å²) in [4.78, 5) is 38.6. The molecule has 9 nitrogen and oxygen atoms in total. The lowest BCUT2D eigenvalue weighted by molar-refractivity contribution is 0.0987. The maximum atomic E-state index is 11.8. The molecule has 1 heterocycles. The van der Waals surface area contributed by atoms with Crippen LogP contribution in [0.5, 0.6) is 0 Å². The van der Waals surface area contributed by atoms with Gasteiger partial charge in [-0.05, 0) is 6.42 Å². The van der Waals surface area contributed by atoms with Gasteiger partial charge in [-0.15, -0.1) is 0 Å². The molecule has 1 atom stereocenters. The Morgan fingerprint density at radius 2 is 1.47 bits per heavy atom. The summed E-state index contributed by atoms with van der Waals surface area (Å²) in [5.41, 5.74) is -3.26. The van der Waals surface area contributed by atoms with Crippen LogP contribution in [0.4, 0.5) is 0 Å². The van der Waals surface area contributed by atoms with E-state index in [0.29, 0.717) is 6.42 Å². The molecule has 1 unspecified atom stereocenters. The van der Waals surface area contributed by atoms with Crippen LogP contribution in [0.1, 0.15) is 19.0 Å². The van der Waals surface area contributed by atoms with E-state index in [2.05, 4.69) is 0 Å². The van der Waals surface area contributed by atoms with E-state index >= 15 is 0 Å². The minimum absolute atomic E-state index is 0.358. The fourth-order valence-corrected chi connectivity index (χ4v) is 4.34. The summed E-state index contributed by atoms with van der Waals surface area (Å²) in [6.07, 6.45) is 0.358. The van der Waals surface area contributed by atoms with Gasteiger partial charge in [0.25, 0.3) is 0 Å². The van der Waals surface area contributed by atoms with E-state index in [9.17, 15) is 14.4 Å². The molecule has 0 saturated heterocycles. The second-order valence-corrected chi connectivity index (χ2v) is 6.80. The van der Waals surface area contributed by atoms with Crippen LogP contribution < -0.4 is 17.1 Å². The molecule has 1 rings (SSSR count). The Labute approximate surface area is 109 Å². The molecule has 0 saturated carbocycles. The third-order valence-electron chi connectivity index (χ3n) is 2.84. The van der Waals surface area contributed by atoms with Crippen molar-refractivity contribution in [2.75, 3.05) is 21.3 Å². The van der Waals surface area contributed by atoms with Crippen LogP contribution in [-0.4, -0.2) is 44.7 Å². The van der Waals surface area contributed by atoms with Gasteiger partial charge in [-0.25, -0.2) is 19.0 Å².